The molecule has 240 valence electrons. The van der Waals surface area contributed by atoms with Gasteiger partial charge in [-0.1, -0.05) is 76.3 Å². The smallest absolute Gasteiger partial charge is 0.109 e. The van der Waals surface area contributed by atoms with E-state index < -0.39 is 0 Å². The van der Waals surface area contributed by atoms with E-state index in [0.29, 0.717) is 0 Å². The SMILES string of the molecule is CC(C)(C)c1c[c-]c2c(c1)-c1cc(C(C)(C)C)ccc1C2.CC([C](=[Zr+2])C(C)C1CCCC1)C1CCCC1.[C-]1=CC=CC1.[Cl-].[Cl-]. The summed E-state index contributed by atoms with van der Waals surface area (Å²) < 4.78 is 1.91. The van der Waals surface area contributed by atoms with Gasteiger partial charge in [0.15, 0.2) is 0 Å². The molecule has 0 N–H and O–H groups in total. The number of fused-ring (bicyclic) bond motifs is 3. The molecule has 0 bridgehead atoms. The summed E-state index contributed by atoms with van der Waals surface area (Å²) >= 11 is 1.73. The minimum absolute atomic E-state index is 0. The van der Waals surface area contributed by atoms with Gasteiger partial charge < -0.3 is 24.8 Å². The zero-order valence-corrected chi connectivity index (χ0v) is 32.7. The Balaban J connectivity index is 0.000000260. The average Bonchev–Trinajstić information content (AvgIpc) is 3.77. The number of rotatable bonds is 4. The van der Waals surface area contributed by atoms with Crippen LogP contribution in [0.2, 0.25) is 0 Å². The van der Waals surface area contributed by atoms with Gasteiger partial charge in [-0.15, -0.1) is 12.0 Å². The number of hydrogen-bond acceptors (Lipinski definition) is 0. The molecule has 2 atom stereocenters. The van der Waals surface area contributed by atoms with Gasteiger partial charge in [0.25, 0.3) is 0 Å². The molecule has 4 aliphatic carbocycles. The van der Waals surface area contributed by atoms with E-state index in [-0.39, 0.29) is 35.6 Å². The molecule has 0 spiro atoms. The Morgan fingerprint density at radius 2 is 1.30 bits per heavy atom. The second kappa shape index (κ2) is 17.4. The molecule has 2 fully saturated rings. The van der Waals surface area contributed by atoms with Gasteiger partial charge in [-0.3, -0.25) is 6.08 Å². The maximum absolute atomic E-state index is 3.53. The third-order valence-corrected chi connectivity index (χ3v) is 12.5. The molecular weight excluding hydrogens is 655 g/mol. The van der Waals surface area contributed by atoms with Crippen molar-refractivity contribution in [1.29, 1.82) is 0 Å². The van der Waals surface area contributed by atoms with Gasteiger partial charge in [-0.05, 0) is 17.4 Å². The topological polar surface area (TPSA) is 0 Å². The molecular formula is C41H56Cl2Zr-2. The molecule has 6 rings (SSSR count). The van der Waals surface area contributed by atoms with Crippen LogP contribution in [0.25, 0.3) is 11.1 Å². The Morgan fingerprint density at radius 1 is 0.773 bits per heavy atom. The van der Waals surface area contributed by atoms with Gasteiger partial charge in [-0.25, -0.2) is 12.2 Å². The van der Waals surface area contributed by atoms with Crippen LogP contribution in [0, 0.1) is 35.8 Å². The Kier molecular flexibility index (Phi) is 15.6. The number of benzene rings is 2. The summed E-state index contributed by atoms with van der Waals surface area (Å²) in [7, 11) is 0. The number of halogens is 2. The zero-order chi connectivity index (χ0) is 30.5. The van der Waals surface area contributed by atoms with E-state index in [9.17, 15) is 0 Å². The predicted octanol–water partition coefficient (Wildman–Crippen LogP) is 5.32. The van der Waals surface area contributed by atoms with E-state index in [1.165, 1.54) is 84.7 Å². The van der Waals surface area contributed by atoms with Crippen LogP contribution in [0.1, 0.15) is 135 Å². The van der Waals surface area contributed by atoms with Crippen molar-refractivity contribution in [3.8, 4) is 11.1 Å². The molecule has 3 heteroatoms. The molecule has 4 aliphatic rings. The summed E-state index contributed by atoms with van der Waals surface area (Å²) in [5, 5.41) is 0. The molecule has 2 aromatic rings. The van der Waals surface area contributed by atoms with E-state index in [1.807, 2.05) is 15.4 Å². The van der Waals surface area contributed by atoms with Crippen molar-refractivity contribution in [2.45, 2.75) is 130 Å². The Hall–Kier alpha value is -0.747. The van der Waals surface area contributed by atoms with Crippen molar-refractivity contribution in [2.24, 2.45) is 23.7 Å². The van der Waals surface area contributed by atoms with Gasteiger partial charge in [0, 0.05) is 0 Å². The van der Waals surface area contributed by atoms with Crippen LogP contribution in [-0.2, 0) is 41.5 Å². The van der Waals surface area contributed by atoms with Crippen molar-refractivity contribution in [2.75, 3.05) is 0 Å². The summed E-state index contributed by atoms with van der Waals surface area (Å²) in [5.41, 5.74) is 8.76. The first-order valence-electron chi connectivity index (χ1n) is 16.8. The van der Waals surface area contributed by atoms with Crippen LogP contribution in [0.3, 0.4) is 0 Å². The monoisotopic (exact) mass is 708 g/mol. The summed E-state index contributed by atoms with van der Waals surface area (Å²) in [6.07, 6.45) is 23.1. The Morgan fingerprint density at radius 3 is 1.73 bits per heavy atom. The molecule has 0 saturated heterocycles. The molecule has 0 aromatic heterocycles. The van der Waals surface area contributed by atoms with Crippen LogP contribution in [0.15, 0.2) is 48.6 Å². The van der Waals surface area contributed by atoms with Crippen LogP contribution in [0.4, 0.5) is 0 Å². The van der Waals surface area contributed by atoms with Crippen LogP contribution >= 0.6 is 0 Å². The molecule has 0 heterocycles. The molecule has 0 radical (unpaired) electrons. The van der Waals surface area contributed by atoms with E-state index >= 15 is 0 Å². The van der Waals surface area contributed by atoms with Crippen LogP contribution < -0.4 is 24.8 Å². The first kappa shape index (κ1) is 39.4. The number of allylic oxidation sites excluding steroid dienone is 4. The molecule has 2 aromatic carbocycles. The van der Waals surface area contributed by atoms with E-state index in [1.54, 1.807) is 24.2 Å². The largest absolute Gasteiger partial charge is 1.00 e. The first-order valence-corrected chi connectivity index (χ1v) is 18.1. The summed E-state index contributed by atoms with van der Waals surface area (Å²) in [6, 6.07) is 15.1. The number of hydrogen-bond donors (Lipinski definition) is 0. The second-order valence-corrected chi connectivity index (χ2v) is 16.9. The van der Waals surface area contributed by atoms with Gasteiger partial charge in [0.05, 0.1) is 0 Å². The fourth-order valence-corrected chi connectivity index (χ4v) is 8.32. The summed E-state index contributed by atoms with van der Waals surface area (Å²) in [6.45, 7) is 18.7. The zero-order valence-electron chi connectivity index (χ0n) is 28.8. The molecule has 0 amide bonds. The maximum Gasteiger partial charge on any atom is -0.109 e. The normalized spacial score (nSPS) is 18.6. The Bertz CT molecular complexity index is 1160. The molecule has 0 aliphatic heterocycles. The molecule has 44 heavy (non-hydrogen) atoms. The van der Waals surface area contributed by atoms with E-state index in [2.05, 4.69) is 104 Å². The molecule has 2 unspecified atom stereocenters. The standard InChI is InChI=1S/C21H25.C15H26.C5H5.2ClH.Zr/c1-20(2,3)16-9-7-14-11-15-8-10-17(21(4,5)6)13-19(15)18(14)12-16;1-12(14-7-3-4-8-14)11-13(2)15-9-5-6-10-15;1-2-4-5-3-1;;;/h7,9-10,12-13H,11H2,1-6H3;12-15H,3-10H2,1-2H3;1-3H,4H2;2*1H;/q-1;;-1;;;+2/p-2. The summed E-state index contributed by atoms with van der Waals surface area (Å²) in [5.74, 6) is 3.93. The maximum atomic E-state index is 3.53. The fraction of sp³-hybridized carbons (Fsp3) is 0.585. The molecule has 2 saturated carbocycles. The van der Waals surface area contributed by atoms with Gasteiger partial charge in [0.2, 0.25) is 0 Å². The minimum Gasteiger partial charge on any atom is -1.00 e. The van der Waals surface area contributed by atoms with Gasteiger partial charge >= 0.3 is 116 Å². The van der Waals surface area contributed by atoms with Crippen LogP contribution in [-0.4, -0.2) is 3.21 Å². The molecule has 0 nitrogen and oxygen atoms in total. The predicted molar refractivity (Wildman–Crippen MR) is 180 cm³/mol. The van der Waals surface area contributed by atoms with Crippen molar-refractivity contribution in [3.05, 3.63) is 83.0 Å². The average molecular weight is 711 g/mol. The first-order chi connectivity index (χ1) is 19.9. The van der Waals surface area contributed by atoms with Crippen molar-refractivity contribution in [1.82, 2.24) is 0 Å². The minimum atomic E-state index is 0. The van der Waals surface area contributed by atoms with Crippen molar-refractivity contribution < 1.29 is 49.0 Å². The van der Waals surface area contributed by atoms with Crippen molar-refractivity contribution in [3.63, 3.8) is 0 Å². The third kappa shape index (κ3) is 10.4. The van der Waals surface area contributed by atoms with Gasteiger partial charge in [0.1, 0.15) is 0 Å². The Labute approximate surface area is 298 Å². The van der Waals surface area contributed by atoms with Crippen LogP contribution in [0.5, 0.6) is 0 Å². The quantitative estimate of drug-likeness (QED) is 0.322. The summed E-state index contributed by atoms with van der Waals surface area (Å²) in [4.78, 5) is 0. The van der Waals surface area contributed by atoms with Crippen molar-refractivity contribution >= 4 is 3.21 Å². The van der Waals surface area contributed by atoms with E-state index in [4.69, 9.17) is 0 Å². The van der Waals surface area contributed by atoms with Gasteiger partial charge in [-0.2, -0.15) is 35.4 Å². The fourth-order valence-electron chi connectivity index (χ4n) is 7.16. The van der Waals surface area contributed by atoms with E-state index in [0.717, 1.165) is 36.5 Å². The second-order valence-electron chi connectivity index (χ2n) is 15.5. The third-order valence-electron chi connectivity index (χ3n) is 10.3.